The number of hydrogen-bond donors (Lipinski definition) is 1. The molecule has 0 aliphatic heterocycles. The van der Waals surface area contributed by atoms with E-state index in [2.05, 4.69) is 25.4 Å². The quantitative estimate of drug-likeness (QED) is 0.340. The second-order valence-electron chi connectivity index (χ2n) is 5.15. The number of benzene rings is 1. The van der Waals surface area contributed by atoms with Gasteiger partial charge in [-0.2, -0.15) is 4.72 Å². The molecule has 0 heterocycles. The molecule has 1 N–H and O–H groups in total. The van der Waals surface area contributed by atoms with Gasteiger partial charge in [0.2, 0.25) is 10.0 Å². The van der Waals surface area contributed by atoms with Crippen molar-refractivity contribution in [1.29, 1.82) is 0 Å². The van der Waals surface area contributed by atoms with Crippen molar-refractivity contribution in [2.24, 2.45) is 0 Å². The van der Waals surface area contributed by atoms with Crippen molar-refractivity contribution in [2.45, 2.75) is 36.5 Å². The Labute approximate surface area is 160 Å². The molecular formula is C16H20BrNO7S. The summed E-state index contributed by atoms with van der Waals surface area (Å²) in [5.41, 5.74) is 0.849. The molecule has 0 fully saturated rings. The van der Waals surface area contributed by atoms with E-state index in [1.54, 1.807) is 19.1 Å². The number of aryl methyl sites for hydroxylation is 1. The SMILES string of the molecule is CCOC(=O)C(=O)[C@H](Br)[C@H](NS(=O)(=O)c1ccc(C)cc1)C(=O)OCC. The van der Waals surface area contributed by atoms with E-state index in [1.807, 2.05) is 0 Å². The molecule has 26 heavy (non-hydrogen) atoms. The summed E-state index contributed by atoms with van der Waals surface area (Å²) in [6.07, 6.45) is 0. The van der Waals surface area contributed by atoms with Crippen LogP contribution in [0.2, 0.25) is 0 Å². The van der Waals surface area contributed by atoms with Crippen molar-refractivity contribution < 1.29 is 32.3 Å². The number of carbonyl (C=O) groups excluding carboxylic acids is 3. The summed E-state index contributed by atoms with van der Waals surface area (Å²) in [6.45, 7) is 4.76. The lowest BCUT2D eigenvalue weighted by molar-refractivity contribution is -0.154. The third-order valence-corrected chi connectivity index (χ3v) is 5.58. The third-order valence-electron chi connectivity index (χ3n) is 3.17. The first-order valence-corrected chi connectivity index (χ1v) is 10.1. The van der Waals surface area contributed by atoms with Gasteiger partial charge in [0.05, 0.1) is 18.1 Å². The number of halogens is 1. The fraction of sp³-hybridized carbons (Fsp3) is 0.438. The number of ether oxygens (including phenoxy) is 2. The van der Waals surface area contributed by atoms with Gasteiger partial charge < -0.3 is 9.47 Å². The monoisotopic (exact) mass is 449 g/mol. The highest BCUT2D eigenvalue weighted by atomic mass is 79.9. The normalized spacial score (nSPS) is 13.5. The molecule has 0 aromatic heterocycles. The molecule has 0 radical (unpaired) electrons. The van der Waals surface area contributed by atoms with E-state index >= 15 is 0 Å². The number of hydrogen-bond acceptors (Lipinski definition) is 7. The van der Waals surface area contributed by atoms with Crippen LogP contribution in [0.15, 0.2) is 29.2 Å². The highest BCUT2D eigenvalue weighted by molar-refractivity contribution is 9.10. The molecule has 1 rings (SSSR count). The highest BCUT2D eigenvalue weighted by Gasteiger charge is 2.39. The van der Waals surface area contributed by atoms with Gasteiger partial charge in [0.25, 0.3) is 5.78 Å². The van der Waals surface area contributed by atoms with Crippen LogP contribution in [-0.2, 0) is 33.9 Å². The number of Topliss-reactive ketones (excluding diaryl/α,β-unsaturated/α-hetero) is 1. The fourth-order valence-corrected chi connectivity index (χ4v) is 3.79. The first-order chi connectivity index (χ1) is 12.1. The standard InChI is InChI=1S/C16H20BrNO7S/c1-4-24-15(20)13(12(17)14(19)16(21)25-5-2)18-26(22,23)11-8-6-10(3)7-9-11/h6-9,12-13,18H,4-5H2,1-3H3/t12-,13+/m1/s1. The van der Waals surface area contributed by atoms with Crippen molar-refractivity contribution >= 4 is 43.7 Å². The molecule has 1 aromatic rings. The van der Waals surface area contributed by atoms with E-state index in [-0.39, 0.29) is 18.1 Å². The van der Waals surface area contributed by atoms with Crippen LogP contribution in [0.3, 0.4) is 0 Å². The maximum Gasteiger partial charge on any atom is 0.375 e. The number of ketones is 1. The van der Waals surface area contributed by atoms with Gasteiger partial charge in [-0.15, -0.1) is 0 Å². The largest absolute Gasteiger partial charge is 0.465 e. The van der Waals surface area contributed by atoms with E-state index in [4.69, 9.17) is 4.74 Å². The topological polar surface area (TPSA) is 116 Å². The lowest BCUT2D eigenvalue weighted by atomic mass is 10.1. The minimum Gasteiger partial charge on any atom is -0.465 e. The molecule has 0 aliphatic rings. The molecule has 1 aromatic carbocycles. The Morgan fingerprint density at radius 3 is 2.12 bits per heavy atom. The molecule has 0 saturated carbocycles. The number of sulfonamides is 1. The predicted octanol–water partition coefficient (Wildman–Crippen LogP) is 1.10. The Kier molecular flexibility index (Phi) is 8.38. The van der Waals surface area contributed by atoms with Gasteiger partial charge in [0.15, 0.2) is 0 Å². The lowest BCUT2D eigenvalue weighted by Crippen LogP contribution is -2.51. The maximum absolute atomic E-state index is 12.5. The molecule has 0 bridgehead atoms. The average Bonchev–Trinajstić information content (AvgIpc) is 2.59. The minimum atomic E-state index is -4.14. The Morgan fingerprint density at radius 2 is 1.62 bits per heavy atom. The molecule has 10 heteroatoms. The Morgan fingerprint density at radius 1 is 1.08 bits per heavy atom. The molecule has 0 amide bonds. The zero-order chi connectivity index (χ0) is 19.9. The first-order valence-electron chi connectivity index (χ1n) is 7.74. The van der Waals surface area contributed by atoms with Crippen LogP contribution < -0.4 is 4.72 Å². The molecule has 0 aliphatic carbocycles. The molecule has 8 nitrogen and oxygen atoms in total. The highest BCUT2D eigenvalue weighted by Crippen LogP contribution is 2.16. The Bertz CT molecular complexity index is 761. The number of rotatable bonds is 9. The molecule has 0 unspecified atom stereocenters. The Hall–Kier alpha value is -1.78. The van der Waals surface area contributed by atoms with Crippen molar-refractivity contribution in [3.05, 3.63) is 29.8 Å². The van der Waals surface area contributed by atoms with Gasteiger partial charge in [0.1, 0.15) is 10.9 Å². The van der Waals surface area contributed by atoms with Crippen LogP contribution in [0, 0.1) is 6.92 Å². The van der Waals surface area contributed by atoms with E-state index in [0.717, 1.165) is 5.56 Å². The maximum atomic E-state index is 12.5. The number of alkyl halides is 1. The van der Waals surface area contributed by atoms with E-state index in [9.17, 15) is 22.8 Å². The summed E-state index contributed by atoms with van der Waals surface area (Å²) in [5.74, 6) is -3.28. The van der Waals surface area contributed by atoms with Crippen LogP contribution in [-0.4, -0.2) is 50.2 Å². The van der Waals surface area contributed by atoms with Gasteiger partial charge in [-0.3, -0.25) is 9.59 Å². The number of esters is 2. The minimum absolute atomic E-state index is 0.0328. The van der Waals surface area contributed by atoms with Crippen LogP contribution in [0.1, 0.15) is 19.4 Å². The van der Waals surface area contributed by atoms with Crippen LogP contribution in [0.25, 0.3) is 0 Å². The van der Waals surface area contributed by atoms with E-state index in [0.29, 0.717) is 0 Å². The van der Waals surface area contributed by atoms with Crippen LogP contribution in [0.4, 0.5) is 0 Å². The fourth-order valence-electron chi connectivity index (χ4n) is 1.88. The predicted molar refractivity (Wildman–Crippen MR) is 96.3 cm³/mol. The van der Waals surface area contributed by atoms with Gasteiger partial charge >= 0.3 is 11.9 Å². The summed E-state index contributed by atoms with van der Waals surface area (Å²) >= 11 is 2.91. The lowest BCUT2D eigenvalue weighted by Gasteiger charge is -2.20. The van der Waals surface area contributed by atoms with Crippen molar-refractivity contribution in [3.63, 3.8) is 0 Å². The van der Waals surface area contributed by atoms with Gasteiger partial charge in [-0.1, -0.05) is 33.6 Å². The summed E-state index contributed by atoms with van der Waals surface area (Å²) in [4.78, 5) is 34.3. The van der Waals surface area contributed by atoms with E-state index < -0.39 is 38.6 Å². The molecular weight excluding hydrogens is 430 g/mol. The number of carbonyl (C=O) groups is 3. The zero-order valence-corrected chi connectivity index (χ0v) is 16.9. The molecule has 2 atom stereocenters. The average molecular weight is 450 g/mol. The molecule has 144 valence electrons. The summed E-state index contributed by atoms with van der Waals surface area (Å²) < 4.78 is 36.6. The van der Waals surface area contributed by atoms with Crippen molar-refractivity contribution in [3.8, 4) is 0 Å². The van der Waals surface area contributed by atoms with Crippen LogP contribution >= 0.6 is 15.9 Å². The van der Waals surface area contributed by atoms with Gasteiger partial charge in [0, 0.05) is 0 Å². The third kappa shape index (κ3) is 5.89. The summed E-state index contributed by atoms with van der Waals surface area (Å²) in [6, 6.07) is 4.25. The first kappa shape index (κ1) is 22.3. The van der Waals surface area contributed by atoms with Gasteiger partial charge in [-0.05, 0) is 32.9 Å². The van der Waals surface area contributed by atoms with Crippen LogP contribution in [0.5, 0.6) is 0 Å². The number of nitrogens with one attached hydrogen (secondary N) is 1. The summed E-state index contributed by atoms with van der Waals surface area (Å²) in [7, 11) is -4.14. The second-order valence-corrected chi connectivity index (χ2v) is 7.85. The second kappa shape index (κ2) is 9.79. The summed E-state index contributed by atoms with van der Waals surface area (Å²) in [5, 5.41) is 0. The molecule has 0 saturated heterocycles. The van der Waals surface area contributed by atoms with E-state index in [1.165, 1.54) is 26.0 Å². The Balaban J connectivity index is 3.13. The van der Waals surface area contributed by atoms with Crippen molar-refractivity contribution in [1.82, 2.24) is 4.72 Å². The van der Waals surface area contributed by atoms with Gasteiger partial charge in [-0.25, -0.2) is 13.2 Å². The zero-order valence-electron chi connectivity index (χ0n) is 14.5. The van der Waals surface area contributed by atoms with Crippen molar-refractivity contribution in [2.75, 3.05) is 13.2 Å². The molecule has 0 spiro atoms. The smallest absolute Gasteiger partial charge is 0.375 e.